The zero-order valence-corrected chi connectivity index (χ0v) is 14.4. The van der Waals surface area contributed by atoms with Gasteiger partial charge in [0.2, 0.25) is 0 Å². The molecule has 1 fully saturated rings. The fourth-order valence-electron chi connectivity index (χ4n) is 2.85. The van der Waals surface area contributed by atoms with E-state index in [1.165, 1.54) is 6.92 Å². The maximum absolute atomic E-state index is 14.1. The number of hydrogen-bond acceptors (Lipinski definition) is 3. The first-order valence-corrected chi connectivity index (χ1v) is 8.10. The van der Waals surface area contributed by atoms with E-state index < -0.39 is 29.1 Å². The van der Waals surface area contributed by atoms with Gasteiger partial charge in [-0.25, -0.2) is 13.6 Å². The minimum Gasteiger partial charge on any atom is -0.492 e. The molecule has 1 aliphatic rings. The van der Waals surface area contributed by atoms with Crippen LogP contribution in [0.15, 0.2) is 42.5 Å². The lowest BCUT2D eigenvalue weighted by atomic mass is 9.91. The first-order chi connectivity index (χ1) is 12.3. The Labute approximate surface area is 149 Å². The highest BCUT2D eigenvalue weighted by Crippen LogP contribution is 2.31. The second-order valence-electron chi connectivity index (χ2n) is 6.30. The predicted octanol–water partition coefficient (Wildman–Crippen LogP) is 3.12. The van der Waals surface area contributed by atoms with Crippen molar-refractivity contribution in [1.29, 1.82) is 0 Å². The van der Waals surface area contributed by atoms with E-state index in [9.17, 15) is 18.4 Å². The number of nitrogens with zero attached hydrogens (tertiary/aromatic N) is 1. The van der Waals surface area contributed by atoms with Crippen LogP contribution in [0.5, 0.6) is 5.75 Å². The molecule has 0 aromatic heterocycles. The van der Waals surface area contributed by atoms with Crippen molar-refractivity contribution in [3.05, 3.63) is 65.2 Å². The van der Waals surface area contributed by atoms with Crippen molar-refractivity contribution in [3.8, 4) is 5.75 Å². The molecule has 0 aliphatic carbocycles. The molecule has 1 aliphatic heterocycles. The van der Waals surface area contributed by atoms with Gasteiger partial charge in [0, 0.05) is 5.56 Å². The van der Waals surface area contributed by atoms with Crippen molar-refractivity contribution in [1.82, 2.24) is 10.2 Å². The summed E-state index contributed by atoms with van der Waals surface area (Å²) in [5.74, 6) is -1.49. The number of halogens is 2. The third-order valence-electron chi connectivity index (χ3n) is 4.35. The lowest BCUT2D eigenvalue weighted by Gasteiger charge is -2.22. The lowest BCUT2D eigenvalue weighted by molar-refractivity contribution is -0.131. The number of imide groups is 1. The number of hydrogen-bond donors (Lipinski definition) is 1. The van der Waals surface area contributed by atoms with Crippen molar-refractivity contribution in [2.24, 2.45) is 0 Å². The number of rotatable bonds is 5. The molecule has 7 heteroatoms. The third-order valence-corrected chi connectivity index (χ3v) is 4.35. The van der Waals surface area contributed by atoms with Crippen molar-refractivity contribution < 1.29 is 23.1 Å². The second kappa shape index (κ2) is 6.74. The van der Waals surface area contributed by atoms with E-state index in [1.807, 2.05) is 19.1 Å². The van der Waals surface area contributed by atoms with Crippen LogP contribution in [-0.4, -0.2) is 30.0 Å². The maximum atomic E-state index is 14.1. The Morgan fingerprint density at radius 2 is 1.81 bits per heavy atom. The van der Waals surface area contributed by atoms with Crippen LogP contribution >= 0.6 is 0 Å². The van der Waals surface area contributed by atoms with Crippen LogP contribution < -0.4 is 10.1 Å². The Bertz CT molecular complexity index is 854. The minimum absolute atomic E-state index is 0.00886. The molecule has 1 atom stereocenters. The number of urea groups is 1. The third kappa shape index (κ3) is 3.24. The van der Waals surface area contributed by atoms with E-state index in [0.717, 1.165) is 28.7 Å². The Morgan fingerprint density at radius 1 is 1.12 bits per heavy atom. The molecule has 26 heavy (non-hydrogen) atoms. The number of carbonyl (C=O) groups excluding carboxylic acids is 2. The molecule has 3 rings (SSSR count). The Kier molecular flexibility index (Phi) is 4.63. The second-order valence-corrected chi connectivity index (χ2v) is 6.30. The van der Waals surface area contributed by atoms with Gasteiger partial charge in [-0.2, -0.15) is 0 Å². The average molecular weight is 360 g/mol. The molecule has 5 nitrogen and oxygen atoms in total. The van der Waals surface area contributed by atoms with Crippen molar-refractivity contribution in [2.45, 2.75) is 19.4 Å². The number of amides is 3. The van der Waals surface area contributed by atoms with Gasteiger partial charge in [-0.05, 0) is 44.2 Å². The van der Waals surface area contributed by atoms with Crippen LogP contribution in [0.4, 0.5) is 13.6 Å². The molecule has 0 spiro atoms. The highest BCUT2D eigenvalue weighted by atomic mass is 19.1. The van der Waals surface area contributed by atoms with Gasteiger partial charge < -0.3 is 10.1 Å². The van der Waals surface area contributed by atoms with Gasteiger partial charge >= 0.3 is 6.03 Å². The van der Waals surface area contributed by atoms with Gasteiger partial charge in [-0.15, -0.1) is 0 Å². The molecule has 1 heterocycles. The summed E-state index contributed by atoms with van der Waals surface area (Å²) in [6.07, 6.45) is 0. The monoisotopic (exact) mass is 360 g/mol. The average Bonchev–Trinajstić information content (AvgIpc) is 2.82. The molecule has 136 valence electrons. The van der Waals surface area contributed by atoms with Crippen LogP contribution in [0.25, 0.3) is 0 Å². The van der Waals surface area contributed by atoms with Crippen LogP contribution in [-0.2, 0) is 10.3 Å². The number of aryl methyl sites for hydroxylation is 1. The molecular formula is C19H18F2N2O3. The summed E-state index contributed by atoms with van der Waals surface area (Å²) in [6, 6.07) is 9.46. The topological polar surface area (TPSA) is 58.6 Å². The van der Waals surface area contributed by atoms with Crippen LogP contribution in [0.2, 0.25) is 0 Å². The number of ether oxygens (including phenoxy) is 1. The molecule has 3 amide bonds. The van der Waals surface area contributed by atoms with Crippen molar-refractivity contribution in [2.75, 3.05) is 13.2 Å². The van der Waals surface area contributed by atoms with Crippen LogP contribution in [0, 0.1) is 18.6 Å². The highest BCUT2D eigenvalue weighted by Gasteiger charge is 2.50. The summed E-state index contributed by atoms with van der Waals surface area (Å²) < 4.78 is 33.1. The Balaban J connectivity index is 1.72. The van der Waals surface area contributed by atoms with Crippen LogP contribution in [0.1, 0.15) is 18.1 Å². The van der Waals surface area contributed by atoms with E-state index in [1.54, 1.807) is 12.1 Å². The summed E-state index contributed by atoms with van der Waals surface area (Å²) in [7, 11) is 0. The molecule has 2 aromatic rings. The zero-order chi connectivity index (χ0) is 18.9. The van der Waals surface area contributed by atoms with E-state index >= 15 is 0 Å². The number of benzene rings is 2. The SMILES string of the molecule is Cc1ccc(OCCN2C(=O)N[C@@](C)(c3cc(F)ccc3F)C2=O)cc1. The van der Waals surface area contributed by atoms with Gasteiger partial charge in [0.05, 0.1) is 6.54 Å². The molecule has 0 radical (unpaired) electrons. The van der Waals surface area contributed by atoms with Crippen LogP contribution in [0.3, 0.4) is 0 Å². The quantitative estimate of drug-likeness (QED) is 0.834. The fraction of sp³-hybridized carbons (Fsp3) is 0.263. The maximum Gasteiger partial charge on any atom is 0.325 e. The number of carbonyl (C=O) groups is 2. The minimum atomic E-state index is -1.66. The molecule has 2 aromatic carbocycles. The van der Waals surface area contributed by atoms with Gasteiger partial charge in [0.25, 0.3) is 5.91 Å². The fourth-order valence-corrected chi connectivity index (χ4v) is 2.85. The smallest absolute Gasteiger partial charge is 0.325 e. The highest BCUT2D eigenvalue weighted by molar-refractivity contribution is 6.07. The molecule has 1 saturated heterocycles. The summed E-state index contributed by atoms with van der Waals surface area (Å²) in [5.41, 5.74) is -0.787. The molecular weight excluding hydrogens is 342 g/mol. The molecule has 0 bridgehead atoms. The Morgan fingerprint density at radius 3 is 2.50 bits per heavy atom. The first-order valence-electron chi connectivity index (χ1n) is 8.10. The summed E-state index contributed by atoms with van der Waals surface area (Å²) >= 11 is 0. The predicted molar refractivity (Wildman–Crippen MR) is 90.6 cm³/mol. The van der Waals surface area contributed by atoms with Crippen molar-refractivity contribution >= 4 is 11.9 Å². The lowest BCUT2D eigenvalue weighted by Crippen LogP contribution is -2.42. The van der Waals surface area contributed by atoms with E-state index in [4.69, 9.17) is 4.74 Å². The van der Waals surface area contributed by atoms with E-state index in [0.29, 0.717) is 5.75 Å². The van der Waals surface area contributed by atoms with E-state index in [-0.39, 0.29) is 18.7 Å². The standard InChI is InChI=1S/C19H18F2N2O3/c1-12-3-6-14(7-4-12)26-10-9-23-17(24)19(2,22-18(23)25)15-11-13(20)5-8-16(15)21/h3-8,11H,9-10H2,1-2H3,(H,22,25)/t19-/m0/s1. The van der Waals surface area contributed by atoms with Crippen molar-refractivity contribution in [3.63, 3.8) is 0 Å². The summed E-state index contributed by atoms with van der Waals surface area (Å²) in [6.45, 7) is 3.38. The Hall–Kier alpha value is -2.96. The first kappa shape index (κ1) is 17.8. The molecule has 0 saturated carbocycles. The summed E-state index contributed by atoms with van der Waals surface area (Å²) in [4.78, 5) is 25.8. The zero-order valence-electron chi connectivity index (χ0n) is 14.4. The summed E-state index contributed by atoms with van der Waals surface area (Å²) in [5, 5.41) is 2.45. The largest absolute Gasteiger partial charge is 0.492 e. The molecule has 0 unspecified atom stereocenters. The van der Waals surface area contributed by atoms with Gasteiger partial charge in [0.15, 0.2) is 0 Å². The van der Waals surface area contributed by atoms with E-state index in [2.05, 4.69) is 5.32 Å². The number of nitrogens with one attached hydrogen (secondary N) is 1. The van der Waals surface area contributed by atoms with Gasteiger partial charge in [-0.3, -0.25) is 9.69 Å². The molecule has 1 N–H and O–H groups in total. The van der Waals surface area contributed by atoms with Gasteiger partial charge in [-0.1, -0.05) is 17.7 Å². The normalized spacial score (nSPS) is 19.6. The van der Waals surface area contributed by atoms with Gasteiger partial charge in [0.1, 0.15) is 29.5 Å².